The summed E-state index contributed by atoms with van der Waals surface area (Å²) in [6.45, 7) is 15.8. The van der Waals surface area contributed by atoms with Gasteiger partial charge >= 0.3 is 0 Å². The predicted octanol–water partition coefficient (Wildman–Crippen LogP) is 4.72. The predicted molar refractivity (Wildman–Crippen MR) is 92.0 cm³/mol. The molecule has 1 rings (SSSR count). The Morgan fingerprint density at radius 1 is 1.05 bits per heavy atom. The van der Waals surface area contributed by atoms with Gasteiger partial charge < -0.3 is 10.1 Å². The van der Waals surface area contributed by atoms with E-state index in [0.717, 1.165) is 19.8 Å². The van der Waals surface area contributed by atoms with Gasteiger partial charge in [0.25, 0.3) is 0 Å². The molecule has 2 atom stereocenters. The number of nitrogens with one attached hydrogen (secondary N) is 1. The molecular formula is C19H33NO. The van der Waals surface area contributed by atoms with Crippen LogP contribution in [0.1, 0.15) is 61.9 Å². The van der Waals surface area contributed by atoms with E-state index in [0.29, 0.717) is 12.0 Å². The third kappa shape index (κ3) is 5.80. The fourth-order valence-electron chi connectivity index (χ4n) is 3.19. The highest BCUT2D eigenvalue weighted by Gasteiger charge is 2.16. The van der Waals surface area contributed by atoms with Crippen molar-refractivity contribution in [1.82, 2.24) is 5.32 Å². The molecule has 120 valence electrons. The molecule has 1 aromatic carbocycles. The van der Waals surface area contributed by atoms with Crippen molar-refractivity contribution in [2.75, 3.05) is 19.8 Å². The SMILES string of the molecule is CCCC(C)COCC(NCC)c1c(C)cc(C)cc1C. The van der Waals surface area contributed by atoms with E-state index < -0.39 is 0 Å². The van der Waals surface area contributed by atoms with E-state index >= 15 is 0 Å². The molecule has 2 unspecified atom stereocenters. The van der Waals surface area contributed by atoms with Crippen LogP contribution in [0.3, 0.4) is 0 Å². The van der Waals surface area contributed by atoms with Crippen LogP contribution in [0.2, 0.25) is 0 Å². The van der Waals surface area contributed by atoms with Crippen LogP contribution in [0, 0.1) is 26.7 Å². The molecule has 0 spiro atoms. The second-order valence-corrected chi connectivity index (χ2v) is 6.35. The summed E-state index contributed by atoms with van der Waals surface area (Å²) in [6.07, 6.45) is 2.48. The van der Waals surface area contributed by atoms with Crippen molar-refractivity contribution in [3.8, 4) is 0 Å². The van der Waals surface area contributed by atoms with E-state index in [4.69, 9.17) is 4.74 Å². The standard InChI is InChI=1S/C19H33NO/c1-7-9-14(3)12-21-13-18(20-8-2)19-16(5)10-15(4)11-17(19)6/h10-11,14,18,20H,7-9,12-13H2,1-6H3. The van der Waals surface area contributed by atoms with Gasteiger partial charge in [-0.1, -0.05) is 44.9 Å². The maximum atomic E-state index is 5.99. The largest absolute Gasteiger partial charge is 0.379 e. The summed E-state index contributed by atoms with van der Waals surface area (Å²) in [4.78, 5) is 0. The molecule has 0 aliphatic carbocycles. The van der Waals surface area contributed by atoms with Crippen molar-refractivity contribution in [2.24, 2.45) is 5.92 Å². The van der Waals surface area contributed by atoms with Crippen LogP contribution in [0.25, 0.3) is 0 Å². The highest BCUT2D eigenvalue weighted by atomic mass is 16.5. The zero-order chi connectivity index (χ0) is 15.8. The second kappa shape index (κ2) is 9.22. The molecule has 1 aromatic rings. The topological polar surface area (TPSA) is 21.3 Å². The van der Waals surface area contributed by atoms with Gasteiger partial charge in [0.05, 0.1) is 12.6 Å². The quantitative estimate of drug-likeness (QED) is 0.711. The van der Waals surface area contributed by atoms with Crippen molar-refractivity contribution in [3.63, 3.8) is 0 Å². The zero-order valence-electron chi connectivity index (χ0n) is 14.8. The summed E-state index contributed by atoms with van der Waals surface area (Å²) in [6, 6.07) is 4.84. The van der Waals surface area contributed by atoms with Crippen molar-refractivity contribution in [1.29, 1.82) is 0 Å². The van der Waals surface area contributed by atoms with Crippen molar-refractivity contribution >= 4 is 0 Å². The van der Waals surface area contributed by atoms with Gasteiger partial charge in [-0.25, -0.2) is 0 Å². The number of likely N-dealkylation sites (N-methyl/N-ethyl adjacent to an activating group) is 1. The maximum absolute atomic E-state index is 5.99. The van der Waals surface area contributed by atoms with Crippen LogP contribution in [-0.2, 0) is 4.74 Å². The second-order valence-electron chi connectivity index (χ2n) is 6.35. The highest BCUT2D eigenvalue weighted by molar-refractivity contribution is 5.39. The molecule has 0 aliphatic rings. The molecule has 0 saturated heterocycles. The molecular weight excluding hydrogens is 258 g/mol. The Morgan fingerprint density at radius 3 is 2.19 bits per heavy atom. The van der Waals surface area contributed by atoms with Crippen LogP contribution in [0.4, 0.5) is 0 Å². The molecule has 21 heavy (non-hydrogen) atoms. The summed E-state index contributed by atoms with van der Waals surface area (Å²) in [5.41, 5.74) is 5.47. The molecule has 2 nitrogen and oxygen atoms in total. The molecule has 0 aliphatic heterocycles. The number of ether oxygens (including phenoxy) is 1. The molecule has 0 saturated carbocycles. The lowest BCUT2D eigenvalue weighted by Crippen LogP contribution is -2.27. The van der Waals surface area contributed by atoms with Gasteiger partial charge in [0.2, 0.25) is 0 Å². The van der Waals surface area contributed by atoms with Gasteiger partial charge in [-0.15, -0.1) is 0 Å². The Morgan fingerprint density at radius 2 is 1.67 bits per heavy atom. The first-order chi connectivity index (χ1) is 9.99. The molecule has 0 heterocycles. The minimum absolute atomic E-state index is 0.296. The van der Waals surface area contributed by atoms with E-state index in [1.165, 1.54) is 35.1 Å². The van der Waals surface area contributed by atoms with Gasteiger partial charge in [-0.3, -0.25) is 0 Å². The first-order valence-corrected chi connectivity index (χ1v) is 8.38. The molecule has 0 amide bonds. The van der Waals surface area contributed by atoms with E-state index in [1.807, 2.05) is 0 Å². The Kier molecular flexibility index (Phi) is 7.98. The van der Waals surface area contributed by atoms with E-state index in [-0.39, 0.29) is 0 Å². The third-order valence-electron chi connectivity index (χ3n) is 4.01. The lowest BCUT2D eigenvalue weighted by molar-refractivity contribution is 0.0833. The van der Waals surface area contributed by atoms with Gasteiger partial charge in [-0.2, -0.15) is 0 Å². The maximum Gasteiger partial charge on any atom is 0.0661 e. The first-order valence-electron chi connectivity index (χ1n) is 8.38. The van der Waals surface area contributed by atoms with Gasteiger partial charge in [0.15, 0.2) is 0 Å². The molecule has 1 N–H and O–H groups in total. The van der Waals surface area contributed by atoms with E-state index in [9.17, 15) is 0 Å². The average Bonchev–Trinajstić information content (AvgIpc) is 2.37. The lowest BCUT2D eigenvalue weighted by Gasteiger charge is -2.24. The summed E-state index contributed by atoms with van der Waals surface area (Å²) >= 11 is 0. The minimum atomic E-state index is 0.296. The van der Waals surface area contributed by atoms with E-state index in [2.05, 4.69) is 59.0 Å². The average molecular weight is 291 g/mol. The van der Waals surface area contributed by atoms with Crippen LogP contribution in [-0.4, -0.2) is 19.8 Å². The number of hydrogen-bond acceptors (Lipinski definition) is 2. The smallest absolute Gasteiger partial charge is 0.0661 e. The Bertz CT molecular complexity index is 405. The lowest BCUT2D eigenvalue weighted by atomic mass is 9.94. The zero-order valence-corrected chi connectivity index (χ0v) is 14.8. The van der Waals surface area contributed by atoms with E-state index in [1.54, 1.807) is 0 Å². The fraction of sp³-hybridized carbons (Fsp3) is 0.684. The van der Waals surface area contributed by atoms with Crippen molar-refractivity contribution < 1.29 is 4.74 Å². The minimum Gasteiger partial charge on any atom is -0.379 e. The Labute approximate surface area is 131 Å². The molecule has 2 heteroatoms. The molecule has 0 aromatic heterocycles. The summed E-state index contributed by atoms with van der Waals surface area (Å²) < 4.78 is 5.99. The van der Waals surface area contributed by atoms with Crippen molar-refractivity contribution in [2.45, 2.75) is 60.4 Å². The Hall–Kier alpha value is -0.860. The summed E-state index contributed by atoms with van der Waals surface area (Å²) in [7, 11) is 0. The molecule has 0 bridgehead atoms. The van der Waals surface area contributed by atoms with Crippen LogP contribution >= 0.6 is 0 Å². The normalized spacial score (nSPS) is 14.2. The third-order valence-corrected chi connectivity index (χ3v) is 4.01. The van der Waals surface area contributed by atoms with Crippen molar-refractivity contribution in [3.05, 3.63) is 34.4 Å². The number of hydrogen-bond donors (Lipinski definition) is 1. The number of aryl methyl sites for hydroxylation is 3. The fourth-order valence-corrected chi connectivity index (χ4v) is 3.19. The van der Waals surface area contributed by atoms with Gasteiger partial charge in [0, 0.05) is 6.61 Å². The molecule has 0 fully saturated rings. The first kappa shape index (κ1) is 18.2. The van der Waals surface area contributed by atoms with Crippen LogP contribution in [0.15, 0.2) is 12.1 Å². The van der Waals surface area contributed by atoms with Gasteiger partial charge in [0.1, 0.15) is 0 Å². The monoisotopic (exact) mass is 291 g/mol. The Balaban J connectivity index is 2.73. The highest BCUT2D eigenvalue weighted by Crippen LogP contribution is 2.24. The van der Waals surface area contributed by atoms with Gasteiger partial charge in [-0.05, 0) is 56.3 Å². The summed E-state index contributed by atoms with van der Waals surface area (Å²) in [5.74, 6) is 0.650. The van der Waals surface area contributed by atoms with Crippen LogP contribution in [0.5, 0.6) is 0 Å². The number of benzene rings is 1. The molecule has 0 radical (unpaired) electrons. The summed E-state index contributed by atoms with van der Waals surface area (Å²) in [5, 5.41) is 3.58. The van der Waals surface area contributed by atoms with Crippen LogP contribution < -0.4 is 5.32 Å². The number of rotatable bonds is 9.